The van der Waals surface area contributed by atoms with Crippen LogP contribution in [0.25, 0.3) is 22.2 Å². The molecule has 29 heavy (non-hydrogen) atoms. The number of anilines is 2. The molecule has 3 aromatic rings. The van der Waals surface area contributed by atoms with Crippen LogP contribution in [0.1, 0.15) is 31.7 Å². The van der Waals surface area contributed by atoms with Crippen LogP contribution in [0.15, 0.2) is 30.7 Å². The molecule has 2 aromatic heterocycles. The molecule has 5 N–H and O–H groups in total. The Labute approximate surface area is 173 Å². The fraction of sp³-hybridized carbons (Fsp3) is 0.350. The summed E-state index contributed by atoms with van der Waals surface area (Å²) >= 11 is 6.09. The van der Waals surface area contributed by atoms with Gasteiger partial charge in [-0.15, -0.1) is 0 Å². The summed E-state index contributed by atoms with van der Waals surface area (Å²) in [5, 5.41) is 4.21. The van der Waals surface area contributed by atoms with Crippen LogP contribution in [0.5, 0.6) is 0 Å². The Bertz CT molecular complexity index is 1060. The van der Waals surface area contributed by atoms with Crippen LogP contribution in [0.2, 0.25) is 5.02 Å². The van der Waals surface area contributed by atoms with E-state index in [0.717, 1.165) is 47.8 Å². The number of ether oxygens (including phenoxy) is 1. The van der Waals surface area contributed by atoms with Crippen molar-refractivity contribution in [1.29, 1.82) is 0 Å². The van der Waals surface area contributed by atoms with Crippen LogP contribution in [0.4, 0.5) is 16.3 Å². The molecule has 4 rings (SSSR count). The van der Waals surface area contributed by atoms with Gasteiger partial charge in [-0.3, -0.25) is 0 Å². The maximum atomic E-state index is 11.5. The molecule has 152 valence electrons. The maximum Gasteiger partial charge on any atom is 0.407 e. The number of fused-ring (bicyclic) bond motifs is 1. The summed E-state index contributed by atoms with van der Waals surface area (Å²) in [6.45, 7) is 0. The lowest BCUT2D eigenvalue weighted by molar-refractivity contribution is 0.161. The number of carbonyl (C=O) groups is 1. The van der Waals surface area contributed by atoms with Crippen molar-refractivity contribution in [2.75, 3.05) is 18.6 Å². The minimum atomic E-state index is -0.386. The van der Waals surface area contributed by atoms with E-state index >= 15 is 0 Å². The molecule has 0 unspecified atom stereocenters. The topological polar surface area (TPSA) is 121 Å². The van der Waals surface area contributed by atoms with Crippen LogP contribution < -0.4 is 16.8 Å². The molecule has 1 fully saturated rings. The molecule has 1 aromatic carbocycles. The molecule has 1 saturated carbocycles. The number of aromatic nitrogens is 3. The van der Waals surface area contributed by atoms with Crippen LogP contribution in [-0.2, 0) is 4.74 Å². The number of nitrogens with zero attached hydrogens (tertiary/aromatic N) is 3. The summed E-state index contributed by atoms with van der Waals surface area (Å²) in [6, 6.07) is 5.91. The molecule has 0 bridgehead atoms. The van der Waals surface area contributed by atoms with Crippen molar-refractivity contribution < 1.29 is 9.53 Å². The predicted octanol–water partition coefficient (Wildman–Crippen LogP) is 3.76. The molecule has 0 atom stereocenters. The summed E-state index contributed by atoms with van der Waals surface area (Å²) < 4.78 is 6.87. The van der Waals surface area contributed by atoms with E-state index in [2.05, 4.69) is 26.0 Å². The van der Waals surface area contributed by atoms with E-state index in [1.165, 1.54) is 13.4 Å². The first kappa shape index (κ1) is 19.3. The highest BCUT2D eigenvalue weighted by Gasteiger charge is 2.26. The summed E-state index contributed by atoms with van der Waals surface area (Å²) in [6.07, 6.45) is 6.71. The monoisotopic (exact) mass is 414 g/mol. The zero-order chi connectivity index (χ0) is 20.5. The second kappa shape index (κ2) is 7.79. The van der Waals surface area contributed by atoms with Gasteiger partial charge in [0.15, 0.2) is 0 Å². The number of hydrogen-bond donors (Lipinski definition) is 3. The number of alkyl carbamates (subject to hydrolysis) is 1. The molecule has 0 spiro atoms. The smallest absolute Gasteiger partial charge is 0.407 e. The van der Waals surface area contributed by atoms with Gasteiger partial charge in [-0.05, 0) is 43.4 Å². The van der Waals surface area contributed by atoms with Gasteiger partial charge in [-0.2, -0.15) is 0 Å². The van der Waals surface area contributed by atoms with Gasteiger partial charge in [0.25, 0.3) is 0 Å². The SMILES string of the molecule is COC(=O)NC1CCC(n2cc(-c3ccc(Cl)c(N)c3)c3c(N)ncnc32)CC1. The molecular formula is C20H23ClN6O2. The number of methoxy groups -OCH3 is 1. The molecule has 0 aliphatic heterocycles. The normalized spacial score (nSPS) is 19.2. The zero-order valence-electron chi connectivity index (χ0n) is 16.1. The predicted molar refractivity (Wildman–Crippen MR) is 114 cm³/mol. The number of nitrogens with one attached hydrogen (secondary N) is 1. The van der Waals surface area contributed by atoms with Crippen molar-refractivity contribution in [3.8, 4) is 11.1 Å². The summed E-state index contributed by atoms with van der Waals surface area (Å²) in [4.78, 5) is 20.2. The fourth-order valence-corrected chi connectivity index (χ4v) is 4.16. The van der Waals surface area contributed by atoms with Crippen molar-refractivity contribution in [1.82, 2.24) is 19.9 Å². The van der Waals surface area contributed by atoms with Gasteiger partial charge in [-0.1, -0.05) is 17.7 Å². The van der Waals surface area contributed by atoms with E-state index < -0.39 is 0 Å². The number of hydrogen-bond acceptors (Lipinski definition) is 6. The van der Waals surface area contributed by atoms with E-state index in [1.54, 1.807) is 6.07 Å². The quantitative estimate of drug-likeness (QED) is 0.561. The third kappa shape index (κ3) is 3.67. The van der Waals surface area contributed by atoms with Crippen LogP contribution in [0.3, 0.4) is 0 Å². The van der Waals surface area contributed by atoms with Gasteiger partial charge in [-0.25, -0.2) is 14.8 Å². The van der Waals surface area contributed by atoms with Crippen molar-refractivity contribution in [3.63, 3.8) is 0 Å². The first-order valence-electron chi connectivity index (χ1n) is 9.48. The highest BCUT2D eigenvalue weighted by atomic mass is 35.5. The lowest BCUT2D eigenvalue weighted by atomic mass is 9.91. The first-order valence-corrected chi connectivity index (χ1v) is 9.86. The van der Waals surface area contributed by atoms with Crippen molar-refractivity contribution >= 4 is 40.2 Å². The largest absolute Gasteiger partial charge is 0.453 e. The Morgan fingerprint density at radius 3 is 2.69 bits per heavy atom. The summed E-state index contributed by atoms with van der Waals surface area (Å²) in [5.41, 5.74) is 15.4. The van der Waals surface area contributed by atoms with Crippen molar-refractivity contribution in [2.45, 2.75) is 37.8 Å². The highest BCUT2D eigenvalue weighted by molar-refractivity contribution is 6.33. The van der Waals surface area contributed by atoms with Gasteiger partial charge < -0.3 is 26.1 Å². The molecule has 8 nitrogen and oxygen atoms in total. The molecule has 0 radical (unpaired) electrons. The zero-order valence-corrected chi connectivity index (χ0v) is 16.8. The third-order valence-corrected chi connectivity index (χ3v) is 5.89. The Morgan fingerprint density at radius 1 is 1.24 bits per heavy atom. The minimum absolute atomic E-state index is 0.121. The molecule has 1 amide bonds. The number of benzene rings is 1. The standard InChI is InChI=1S/C20H23ClN6O2/c1-29-20(28)26-12-3-5-13(6-4-12)27-9-14(11-2-7-15(21)16(22)8-11)17-18(23)24-10-25-19(17)27/h2,7-10,12-13H,3-6,22H2,1H3,(H,26,28)(H2,23,24,25). The highest BCUT2D eigenvalue weighted by Crippen LogP contribution is 2.39. The van der Waals surface area contributed by atoms with Gasteiger partial charge in [0, 0.05) is 23.8 Å². The van der Waals surface area contributed by atoms with Gasteiger partial charge >= 0.3 is 6.09 Å². The minimum Gasteiger partial charge on any atom is -0.453 e. The number of amides is 1. The summed E-state index contributed by atoms with van der Waals surface area (Å²) in [5.74, 6) is 0.429. The average molecular weight is 415 g/mol. The fourth-order valence-electron chi connectivity index (χ4n) is 4.04. The van der Waals surface area contributed by atoms with Crippen molar-refractivity contribution in [2.24, 2.45) is 0 Å². The molecule has 2 heterocycles. The van der Waals surface area contributed by atoms with Gasteiger partial charge in [0.1, 0.15) is 17.8 Å². The average Bonchev–Trinajstić information content (AvgIpc) is 3.11. The van der Waals surface area contributed by atoms with Crippen LogP contribution in [-0.4, -0.2) is 33.8 Å². The van der Waals surface area contributed by atoms with Crippen molar-refractivity contribution in [3.05, 3.63) is 35.7 Å². The molecule has 9 heteroatoms. The second-order valence-electron chi connectivity index (χ2n) is 7.29. The Balaban J connectivity index is 1.69. The number of nitrogens with two attached hydrogens (primary N) is 2. The Kier molecular flexibility index (Phi) is 5.19. The van der Waals surface area contributed by atoms with E-state index in [1.807, 2.05) is 12.1 Å². The van der Waals surface area contributed by atoms with Gasteiger partial charge in [0.2, 0.25) is 0 Å². The third-order valence-electron chi connectivity index (χ3n) is 5.54. The summed E-state index contributed by atoms with van der Waals surface area (Å²) in [7, 11) is 1.38. The molecule has 1 aliphatic carbocycles. The first-order chi connectivity index (χ1) is 14.0. The molecule has 1 aliphatic rings. The molecule has 0 saturated heterocycles. The lowest BCUT2D eigenvalue weighted by Crippen LogP contribution is -2.37. The van der Waals surface area contributed by atoms with E-state index in [9.17, 15) is 4.79 Å². The van der Waals surface area contributed by atoms with Crippen LogP contribution in [0, 0.1) is 0 Å². The second-order valence-corrected chi connectivity index (χ2v) is 7.69. The maximum absolute atomic E-state index is 11.5. The number of nitrogen functional groups attached to an aromatic ring is 2. The lowest BCUT2D eigenvalue weighted by Gasteiger charge is -2.29. The number of rotatable bonds is 3. The van der Waals surface area contributed by atoms with Gasteiger partial charge in [0.05, 0.1) is 23.2 Å². The number of halogens is 1. The van der Waals surface area contributed by atoms with Crippen LogP contribution >= 0.6 is 11.6 Å². The Morgan fingerprint density at radius 2 is 2.00 bits per heavy atom. The number of carbonyl (C=O) groups excluding carboxylic acids is 1. The van der Waals surface area contributed by atoms with E-state index in [4.69, 9.17) is 27.8 Å². The van der Waals surface area contributed by atoms with E-state index in [-0.39, 0.29) is 18.2 Å². The van der Waals surface area contributed by atoms with E-state index in [0.29, 0.717) is 16.5 Å². The Hall–Kier alpha value is -3.00. The molecular weight excluding hydrogens is 392 g/mol.